The lowest BCUT2D eigenvalue weighted by molar-refractivity contribution is -0.137. The summed E-state index contributed by atoms with van der Waals surface area (Å²) >= 11 is 0. The molecule has 0 aliphatic carbocycles. The van der Waals surface area contributed by atoms with E-state index in [2.05, 4.69) is 21.1 Å². The number of nitrogens with one attached hydrogen (secondary N) is 3. The molecule has 2 aromatic heterocycles. The van der Waals surface area contributed by atoms with Crippen molar-refractivity contribution in [2.75, 3.05) is 18.5 Å². The molecule has 12 heteroatoms. The van der Waals surface area contributed by atoms with Crippen molar-refractivity contribution in [2.45, 2.75) is 39.3 Å². The zero-order valence-electron chi connectivity index (χ0n) is 19.4. The molecule has 3 N–H and O–H groups in total. The molecule has 1 saturated heterocycles. The number of rotatable bonds is 10. The lowest BCUT2D eigenvalue weighted by Crippen LogP contribution is -2.40. The summed E-state index contributed by atoms with van der Waals surface area (Å²) in [6.07, 6.45) is 4.99. The van der Waals surface area contributed by atoms with Gasteiger partial charge in [0.25, 0.3) is 11.5 Å². The van der Waals surface area contributed by atoms with Gasteiger partial charge in [0.15, 0.2) is 5.69 Å². The molecule has 2 unspecified atom stereocenters. The van der Waals surface area contributed by atoms with Gasteiger partial charge < -0.3 is 29.8 Å². The van der Waals surface area contributed by atoms with Gasteiger partial charge in [0.1, 0.15) is 18.0 Å². The fourth-order valence-electron chi connectivity index (χ4n) is 3.57. The Hall–Kier alpha value is -4.22. The van der Waals surface area contributed by atoms with E-state index in [1.165, 1.54) is 36.5 Å². The molecule has 2 atom stereocenters. The minimum atomic E-state index is -0.630. The second kappa shape index (κ2) is 11.8. The highest BCUT2D eigenvalue weighted by molar-refractivity contribution is 6.02. The van der Waals surface area contributed by atoms with E-state index >= 15 is 0 Å². The van der Waals surface area contributed by atoms with Gasteiger partial charge in [-0.05, 0) is 38.8 Å². The predicted octanol–water partition coefficient (Wildman–Crippen LogP) is 0.527. The number of ether oxygens (including phenoxy) is 1. The smallest absolute Gasteiger partial charge is 0.330 e. The molecule has 0 aromatic carbocycles. The number of hydrogen-bond acceptors (Lipinski definition) is 8. The SMILES string of the molecule is CCOC(=O)/C=C/C(CC1CCNC1=O)NC(=O)Cn1cccc(NC(=O)c2cc(C)on2)c1=O. The van der Waals surface area contributed by atoms with Crippen molar-refractivity contribution in [3.05, 3.63) is 58.4 Å². The van der Waals surface area contributed by atoms with E-state index in [1.807, 2.05) is 0 Å². The van der Waals surface area contributed by atoms with Crippen LogP contribution in [0.3, 0.4) is 0 Å². The Bertz CT molecular complexity index is 1180. The first-order valence-corrected chi connectivity index (χ1v) is 11.1. The third-order valence-electron chi connectivity index (χ3n) is 5.24. The fraction of sp³-hybridized carbons (Fsp3) is 0.391. The Kier molecular flexibility index (Phi) is 8.54. The molecule has 1 aliphatic rings. The quantitative estimate of drug-likeness (QED) is 0.324. The molecular weight excluding hydrogens is 458 g/mol. The maximum atomic E-state index is 12.8. The highest BCUT2D eigenvalue weighted by Crippen LogP contribution is 2.17. The lowest BCUT2D eigenvalue weighted by atomic mass is 9.98. The zero-order chi connectivity index (χ0) is 25.4. The Labute approximate surface area is 200 Å². The van der Waals surface area contributed by atoms with Crippen molar-refractivity contribution in [1.29, 1.82) is 0 Å². The van der Waals surface area contributed by atoms with Gasteiger partial charge in [-0.2, -0.15) is 0 Å². The van der Waals surface area contributed by atoms with Crippen LogP contribution < -0.4 is 21.5 Å². The Morgan fingerprint density at radius 2 is 2.17 bits per heavy atom. The number of aromatic nitrogens is 2. The number of amides is 3. The normalized spacial score (nSPS) is 16.1. The molecule has 3 amide bonds. The first-order valence-electron chi connectivity index (χ1n) is 11.1. The number of esters is 1. The van der Waals surface area contributed by atoms with Crippen LogP contribution in [0.5, 0.6) is 0 Å². The van der Waals surface area contributed by atoms with Gasteiger partial charge in [-0.25, -0.2) is 4.79 Å². The van der Waals surface area contributed by atoms with Crippen molar-refractivity contribution in [2.24, 2.45) is 5.92 Å². The maximum Gasteiger partial charge on any atom is 0.330 e. The second-order valence-corrected chi connectivity index (χ2v) is 7.93. The molecule has 2 aromatic rings. The first-order chi connectivity index (χ1) is 16.8. The summed E-state index contributed by atoms with van der Waals surface area (Å²) in [4.78, 5) is 61.5. The van der Waals surface area contributed by atoms with E-state index in [9.17, 15) is 24.0 Å². The van der Waals surface area contributed by atoms with Crippen molar-refractivity contribution in [3.63, 3.8) is 0 Å². The van der Waals surface area contributed by atoms with Crippen molar-refractivity contribution in [1.82, 2.24) is 20.4 Å². The highest BCUT2D eigenvalue weighted by Gasteiger charge is 2.27. The molecule has 0 spiro atoms. The minimum absolute atomic E-state index is 0.0159. The van der Waals surface area contributed by atoms with Crippen LogP contribution in [0.4, 0.5) is 5.69 Å². The largest absolute Gasteiger partial charge is 0.463 e. The van der Waals surface area contributed by atoms with Crippen LogP contribution in [0, 0.1) is 12.8 Å². The fourth-order valence-corrected chi connectivity index (χ4v) is 3.57. The summed E-state index contributed by atoms with van der Waals surface area (Å²) in [5, 5.41) is 11.5. The van der Waals surface area contributed by atoms with Crippen LogP contribution in [0.25, 0.3) is 0 Å². The Morgan fingerprint density at radius 1 is 1.37 bits per heavy atom. The molecule has 0 saturated carbocycles. The molecule has 1 aliphatic heterocycles. The third-order valence-corrected chi connectivity index (χ3v) is 5.24. The van der Waals surface area contributed by atoms with E-state index < -0.39 is 29.4 Å². The van der Waals surface area contributed by atoms with Gasteiger partial charge in [-0.1, -0.05) is 11.2 Å². The summed E-state index contributed by atoms with van der Waals surface area (Å²) in [6, 6.07) is 3.72. The van der Waals surface area contributed by atoms with Gasteiger partial charge in [-0.3, -0.25) is 19.2 Å². The molecule has 1 fully saturated rings. The molecular formula is C23H27N5O7. The van der Waals surface area contributed by atoms with E-state index in [0.717, 1.165) is 4.57 Å². The summed E-state index contributed by atoms with van der Waals surface area (Å²) < 4.78 is 10.9. The van der Waals surface area contributed by atoms with Crippen LogP contribution in [-0.4, -0.2) is 52.6 Å². The Morgan fingerprint density at radius 3 is 2.83 bits per heavy atom. The highest BCUT2D eigenvalue weighted by atomic mass is 16.5. The van der Waals surface area contributed by atoms with E-state index in [0.29, 0.717) is 18.7 Å². The molecule has 3 rings (SSSR count). The van der Waals surface area contributed by atoms with Crippen LogP contribution in [0.15, 0.2) is 45.9 Å². The minimum Gasteiger partial charge on any atom is -0.463 e. The van der Waals surface area contributed by atoms with Gasteiger partial charge in [0.05, 0.1) is 6.61 Å². The van der Waals surface area contributed by atoms with Crippen molar-refractivity contribution in [3.8, 4) is 0 Å². The predicted molar refractivity (Wildman–Crippen MR) is 123 cm³/mol. The number of anilines is 1. The second-order valence-electron chi connectivity index (χ2n) is 7.93. The van der Waals surface area contributed by atoms with Gasteiger partial charge >= 0.3 is 5.97 Å². The van der Waals surface area contributed by atoms with Gasteiger partial charge in [-0.15, -0.1) is 0 Å². The number of carbonyl (C=O) groups is 4. The van der Waals surface area contributed by atoms with Crippen molar-refractivity contribution < 1.29 is 28.4 Å². The summed E-state index contributed by atoms with van der Waals surface area (Å²) in [6.45, 7) is 3.72. The lowest BCUT2D eigenvalue weighted by Gasteiger charge is -2.18. The molecule has 0 bridgehead atoms. The van der Waals surface area contributed by atoms with E-state index in [-0.39, 0.29) is 42.8 Å². The third kappa shape index (κ3) is 7.13. The number of pyridine rings is 1. The van der Waals surface area contributed by atoms with Crippen LogP contribution in [-0.2, 0) is 25.7 Å². The summed E-state index contributed by atoms with van der Waals surface area (Å²) in [5.74, 6) is -1.69. The molecule has 35 heavy (non-hydrogen) atoms. The zero-order valence-corrected chi connectivity index (χ0v) is 19.4. The molecule has 12 nitrogen and oxygen atoms in total. The summed E-state index contributed by atoms with van der Waals surface area (Å²) in [7, 11) is 0. The number of hydrogen-bond donors (Lipinski definition) is 3. The average Bonchev–Trinajstić information content (AvgIpc) is 3.43. The standard InChI is InChI=1S/C23H27N5O7/c1-3-34-20(30)7-6-16(12-15-8-9-24-21(15)31)25-19(29)13-28-10-4-5-17(23(28)33)26-22(32)18-11-14(2)35-27-18/h4-7,10-11,15-16H,3,8-9,12-13H2,1-2H3,(H,24,31)(H,25,29)(H,26,32)/b7-6+. The monoisotopic (exact) mass is 485 g/mol. The van der Waals surface area contributed by atoms with Crippen molar-refractivity contribution >= 4 is 29.4 Å². The average molecular weight is 485 g/mol. The number of carbonyl (C=O) groups excluding carboxylic acids is 4. The summed E-state index contributed by atoms with van der Waals surface area (Å²) in [5.41, 5.74) is -0.612. The Balaban J connectivity index is 1.68. The number of nitrogens with zero attached hydrogens (tertiary/aromatic N) is 2. The topological polar surface area (TPSA) is 162 Å². The first kappa shape index (κ1) is 25.4. The number of aryl methyl sites for hydroxylation is 1. The molecule has 0 radical (unpaired) electrons. The maximum absolute atomic E-state index is 12.8. The van der Waals surface area contributed by atoms with Crippen LogP contribution in [0.2, 0.25) is 0 Å². The van der Waals surface area contributed by atoms with Crippen LogP contribution in [0.1, 0.15) is 36.0 Å². The van der Waals surface area contributed by atoms with E-state index in [4.69, 9.17) is 9.26 Å². The molecule has 186 valence electrons. The van der Waals surface area contributed by atoms with E-state index in [1.54, 1.807) is 13.8 Å². The van der Waals surface area contributed by atoms with Gasteiger partial charge in [0.2, 0.25) is 11.8 Å². The molecule has 3 heterocycles. The van der Waals surface area contributed by atoms with Crippen LogP contribution >= 0.6 is 0 Å². The van der Waals surface area contributed by atoms with Gasteiger partial charge in [0, 0.05) is 36.8 Å².